The van der Waals surface area contributed by atoms with Gasteiger partial charge in [-0.25, -0.2) is 9.18 Å². The van der Waals surface area contributed by atoms with Crippen LogP contribution in [0.3, 0.4) is 0 Å². The van der Waals surface area contributed by atoms with Crippen LogP contribution in [0.4, 0.5) is 26.2 Å². The van der Waals surface area contributed by atoms with Crippen LogP contribution < -0.4 is 21.3 Å². The average molecular weight is 610 g/mol. The second kappa shape index (κ2) is 10.6. The van der Waals surface area contributed by atoms with Crippen molar-refractivity contribution in [1.29, 1.82) is 0 Å². The molecular weight excluding hydrogens is 577 g/mol. The van der Waals surface area contributed by atoms with E-state index in [9.17, 15) is 44.0 Å². The number of carbonyl (C=O) groups is 4. The standard InChI is InChI=1S/C30H32FN5O8/c1-35(2)18-11-17(34-29(43)33-14-7-5-6-13(31)10-14)23(37)20-15(18)8-12-9-16-22(36(3)4)25(39)21(28(32)42)27(41)30(16,44)26(40)19(12)24(20)38/h5-7,10-12,16,22,37-38,41,44H,8-9H2,1-4H3,(H2,32,42)(H2,33,34,43)/t12-,16-,22+,30-/m0/s1. The summed E-state index contributed by atoms with van der Waals surface area (Å²) < 4.78 is 13.6. The van der Waals surface area contributed by atoms with Gasteiger partial charge in [0.15, 0.2) is 17.1 Å². The summed E-state index contributed by atoms with van der Waals surface area (Å²) in [4.78, 5) is 55.3. The van der Waals surface area contributed by atoms with Crippen LogP contribution in [-0.2, 0) is 20.8 Å². The maximum Gasteiger partial charge on any atom is 0.323 e. The van der Waals surface area contributed by atoms with Gasteiger partial charge in [0.2, 0.25) is 5.78 Å². The van der Waals surface area contributed by atoms with Gasteiger partial charge < -0.3 is 41.7 Å². The molecule has 0 radical (unpaired) electrons. The zero-order valence-electron chi connectivity index (χ0n) is 24.3. The number of aliphatic hydroxyl groups is 3. The van der Waals surface area contributed by atoms with Crippen LogP contribution in [0.25, 0.3) is 5.76 Å². The van der Waals surface area contributed by atoms with Crippen molar-refractivity contribution in [1.82, 2.24) is 4.90 Å². The number of aromatic hydroxyl groups is 1. The van der Waals surface area contributed by atoms with Crippen LogP contribution in [0.15, 0.2) is 47.2 Å². The van der Waals surface area contributed by atoms with E-state index in [1.54, 1.807) is 19.0 Å². The number of urea groups is 1. The topological polar surface area (TPSA) is 206 Å². The third-order valence-electron chi connectivity index (χ3n) is 8.51. The Labute approximate surface area is 251 Å². The first-order valence-electron chi connectivity index (χ1n) is 13.6. The van der Waals surface area contributed by atoms with Crippen molar-refractivity contribution in [2.45, 2.75) is 24.5 Å². The van der Waals surface area contributed by atoms with E-state index in [-0.39, 0.29) is 35.4 Å². The highest BCUT2D eigenvalue weighted by Gasteiger charge is 2.64. The molecule has 0 heterocycles. The summed E-state index contributed by atoms with van der Waals surface area (Å²) in [7, 11) is 6.43. The number of amides is 3. The summed E-state index contributed by atoms with van der Waals surface area (Å²) in [6.45, 7) is 0. The number of likely N-dealkylation sites (N-methyl/N-ethyl adjacent to an activating group) is 1. The number of phenols is 1. The lowest BCUT2D eigenvalue weighted by molar-refractivity contribution is -0.153. The number of nitrogens with one attached hydrogen (secondary N) is 2. The van der Waals surface area contributed by atoms with E-state index in [4.69, 9.17) is 5.73 Å². The van der Waals surface area contributed by atoms with Gasteiger partial charge >= 0.3 is 6.03 Å². The zero-order valence-corrected chi connectivity index (χ0v) is 24.3. The van der Waals surface area contributed by atoms with Gasteiger partial charge in [0.05, 0.1) is 17.3 Å². The van der Waals surface area contributed by atoms with Crippen molar-refractivity contribution < 1.29 is 44.0 Å². The maximum atomic E-state index is 14.1. The van der Waals surface area contributed by atoms with Crippen LogP contribution >= 0.6 is 0 Å². The maximum absolute atomic E-state index is 14.1. The van der Waals surface area contributed by atoms with E-state index >= 15 is 0 Å². The Bertz CT molecular complexity index is 1700. The van der Waals surface area contributed by atoms with Crippen molar-refractivity contribution in [3.63, 3.8) is 0 Å². The number of Topliss-reactive ketones (excluding diaryl/α,β-unsaturated/α-hetero) is 2. The number of aliphatic hydroxyl groups excluding tert-OH is 2. The Balaban J connectivity index is 1.64. The second-order valence-corrected chi connectivity index (χ2v) is 11.6. The first-order chi connectivity index (χ1) is 20.6. The monoisotopic (exact) mass is 609 g/mol. The summed E-state index contributed by atoms with van der Waals surface area (Å²) in [5.74, 6) is -8.32. The van der Waals surface area contributed by atoms with Crippen molar-refractivity contribution in [2.75, 3.05) is 43.7 Å². The molecule has 1 saturated carbocycles. The number of rotatable bonds is 5. The number of hydrogen-bond donors (Lipinski definition) is 7. The van der Waals surface area contributed by atoms with E-state index in [0.717, 1.165) is 6.07 Å². The van der Waals surface area contributed by atoms with E-state index in [1.807, 2.05) is 0 Å². The number of nitrogens with two attached hydrogens (primary N) is 1. The highest BCUT2D eigenvalue weighted by atomic mass is 19.1. The fraction of sp³-hybridized carbons (Fsp3) is 0.333. The van der Waals surface area contributed by atoms with Gasteiger partial charge in [-0.1, -0.05) is 6.07 Å². The Morgan fingerprint density at radius 3 is 2.34 bits per heavy atom. The van der Waals surface area contributed by atoms with Crippen molar-refractivity contribution in [3.05, 3.63) is 64.2 Å². The zero-order chi connectivity index (χ0) is 32.4. The summed E-state index contributed by atoms with van der Waals surface area (Å²) in [5, 5.41) is 50.5. The number of halogens is 1. The largest absolute Gasteiger partial charge is 0.508 e. The van der Waals surface area contributed by atoms with E-state index in [2.05, 4.69) is 10.6 Å². The van der Waals surface area contributed by atoms with Gasteiger partial charge in [-0.05, 0) is 62.7 Å². The molecule has 0 spiro atoms. The minimum absolute atomic E-state index is 0.0601. The lowest BCUT2D eigenvalue weighted by Gasteiger charge is -2.50. The van der Waals surface area contributed by atoms with E-state index in [1.165, 1.54) is 43.3 Å². The van der Waals surface area contributed by atoms with Crippen LogP contribution in [-0.4, -0.2) is 88.7 Å². The van der Waals surface area contributed by atoms with Crippen LogP contribution in [0.1, 0.15) is 17.5 Å². The molecule has 3 aliphatic rings. The number of phenolic OH excluding ortho intramolecular Hbond substituents is 1. The third-order valence-corrected chi connectivity index (χ3v) is 8.51. The number of benzene rings is 2. The molecule has 232 valence electrons. The highest BCUT2D eigenvalue weighted by molar-refractivity contribution is 6.24. The minimum atomic E-state index is -2.77. The normalized spacial score (nSPS) is 24.5. The number of carbonyl (C=O) groups excluding carboxylic acids is 4. The summed E-state index contributed by atoms with van der Waals surface area (Å²) in [6.07, 6.45) is 0.0147. The minimum Gasteiger partial charge on any atom is -0.508 e. The van der Waals surface area contributed by atoms with Crippen molar-refractivity contribution >= 4 is 46.3 Å². The quantitative estimate of drug-likeness (QED) is 0.193. The second-order valence-electron chi connectivity index (χ2n) is 11.6. The van der Waals surface area contributed by atoms with Gasteiger partial charge in [0.25, 0.3) is 5.91 Å². The lowest BCUT2D eigenvalue weighted by atomic mass is 9.57. The number of anilines is 3. The molecule has 3 aliphatic carbocycles. The van der Waals surface area contributed by atoms with Crippen LogP contribution in [0.5, 0.6) is 5.75 Å². The number of nitrogens with zero attached hydrogens (tertiary/aromatic N) is 2. The molecule has 3 amide bonds. The Morgan fingerprint density at radius 1 is 1.07 bits per heavy atom. The van der Waals surface area contributed by atoms with Crippen LogP contribution in [0, 0.1) is 17.7 Å². The predicted octanol–water partition coefficient (Wildman–Crippen LogP) is 1.81. The van der Waals surface area contributed by atoms with Crippen molar-refractivity contribution in [3.8, 4) is 5.75 Å². The van der Waals surface area contributed by atoms with Crippen LogP contribution in [0.2, 0.25) is 0 Å². The SMILES string of the molecule is CN(C)c1cc(NC(=O)Nc2cccc(F)c2)c(O)c2c1C[C@H]1C[C@H]3[C@@H](N(C)C)C(=O)C(C(N)=O)=C(O)[C@@]3(O)C(=O)C1=C2O. The van der Waals surface area contributed by atoms with Gasteiger partial charge in [0, 0.05) is 37.0 Å². The molecule has 2 aromatic rings. The fourth-order valence-corrected chi connectivity index (χ4v) is 6.64. The fourth-order valence-electron chi connectivity index (χ4n) is 6.64. The molecule has 5 rings (SSSR count). The number of ketones is 2. The molecular formula is C30H32FN5O8. The Morgan fingerprint density at radius 2 is 1.75 bits per heavy atom. The molecule has 2 aromatic carbocycles. The molecule has 0 unspecified atom stereocenters. The first-order valence-corrected chi connectivity index (χ1v) is 13.6. The number of fused-ring (bicyclic) bond motifs is 3. The van der Waals surface area contributed by atoms with Crippen molar-refractivity contribution in [2.24, 2.45) is 17.6 Å². The summed E-state index contributed by atoms with van der Waals surface area (Å²) in [5.41, 5.74) is 2.06. The van der Waals surface area contributed by atoms with E-state index in [0.29, 0.717) is 11.3 Å². The molecule has 4 atom stereocenters. The smallest absolute Gasteiger partial charge is 0.323 e. The average Bonchev–Trinajstić information content (AvgIpc) is 2.91. The third kappa shape index (κ3) is 4.53. The molecule has 0 aliphatic heterocycles. The molecule has 13 nitrogen and oxygen atoms in total. The molecule has 1 fully saturated rings. The Hall–Kier alpha value is -4.95. The lowest BCUT2D eigenvalue weighted by Crippen LogP contribution is -2.65. The molecule has 14 heteroatoms. The Kier molecular flexibility index (Phi) is 7.38. The van der Waals surface area contributed by atoms with Gasteiger partial charge in [-0.3, -0.25) is 19.3 Å². The van der Waals surface area contributed by atoms with Gasteiger partial charge in [-0.15, -0.1) is 0 Å². The number of hydrogen-bond acceptors (Lipinski definition) is 10. The molecule has 44 heavy (non-hydrogen) atoms. The van der Waals surface area contributed by atoms with Gasteiger partial charge in [0.1, 0.15) is 22.9 Å². The number of primary amides is 1. The summed E-state index contributed by atoms with van der Waals surface area (Å²) in [6, 6.07) is 4.58. The van der Waals surface area contributed by atoms with E-state index < -0.39 is 75.6 Å². The van der Waals surface area contributed by atoms with Gasteiger partial charge in [-0.2, -0.15) is 0 Å². The first kappa shape index (κ1) is 30.5. The summed E-state index contributed by atoms with van der Waals surface area (Å²) >= 11 is 0. The highest BCUT2D eigenvalue weighted by Crippen LogP contribution is 2.54. The predicted molar refractivity (Wildman–Crippen MR) is 158 cm³/mol. The molecule has 8 N–H and O–H groups in total. The molecule has 0 aromatic heterocycles. The molecule has 0 saturated heterocycles. The molecule has 0 bridgehead atoms.